The molecule has 0 saturated carbocycles. The topological polar surface area (TPSA) is 35.2 Å². The zero-order chi connectivity index (χ0) is 14.7. The number of halogens is 3. The molecule has 5 heteroatoms. The van der Waals surface area contributed by atoms with Crippen LogP contribution in [0.15, 0.2) is 40.9 Å². The maximum Gasteiger partial charge on any atom is 0.137 e. The highest BCUT2D eigenvalue weighted by Crippen LogP contribution is 2.29. The van der Waals surface area contributed by atoms with Crippen LogP contribution in [0, 0.1) is 11.6 Å². The van der Waals surface area contributed by atoms with E-state index in [-0.39, 0.29) is 17.7 Å². The molecule has 0 heterocycles. The van der Waals surface area contributed by atoms with Gasteiger partial charge in [-0.3, -0.25) is 0 Å². The van der Waals surface area contributed by atoms with Crippen LogP contribution in [0.1, 0.15) is 12.5 Å². The van der Waals surface area contributed by atoms with Crippen LogP contribution in [0.4, 0.5) is 8.78 Å². The summed E-state index contributed by atoms with van der Waals surface area (Å²) in [6, 6.07) is 8.49. The Hall–Kier alpha value is -1.46. The van der Waals surface area contributed by atoms with Crippen LogP contribution in [-0.4, -0.2) is 6.04 Å². The van der Waals surface area contributed by atoms with Gasteiger partial charge in [-0.1, -0.05) is 0 Å². The molecule has 0 aliphatic carbocycles. The van der Waals surface area contributed by atoms with Gasteiger partial charge in [0.1, 0.15) is 23.1 Å². The Labute approximate surface area is 124 Å². The molecule has 0 bridgehead atoms. The van der Waals surface area contributed by atoms with Crippen LogP contribution in [0.2, 0.25) is 0 Å². The minimum absolute atomic E-state index is 0.112. The molecule has 1 atom stereocenters. The van der Waals surface area contributed by atoms with Crippen molar-refractivity contribution in [3.8, 4) is 11.5 Å². The Kier molecular flexibility index (Phi) is 4.73. The predicted molar refractivity (Wildman–Crippen MR) is 77.9 cm³/mol. The molecule has 0 spiro atoms. The zero-order valence-electron chi connectivity index (χ0n) is 10.9. The summed E-state index contributed by atoms with van der Waals surface area (Å²) in [6.45, 7) is 1.84. The summed E-state index contributed by atoms with van der Waals surface area (Å²) in [6.07, 6.45) is 0.495. The summed E-state index contributed by atoms with van der Waals surface area (Å²) >= 11 is 3.09. The average Bonchev–Trinajstić information content (AvgIpc) is 2.36. The van der Waals surface area contributed by atoms with Crippen LogP contribution < -0.4 is 10.5 Å². The Morgan fingerprint density at radius 2 is 1.95 bits per heavy atom. The molecule has 0 aliphatic rings. The van der Waals surface area contributed by atoms with Gasteiger partial charge in [0.05, 0.1) is 4.47 Å². The van der Waals surface area contributed by atoms with E-state index < -0.39 is 0 Å². The summed E-state index contributed by atoms with van der Waals surface area (Å²) in [5.74, 6) is 0.276. The Morgan fingerprint density at radius 1 is 1.20 bits per heavy atom. The van der Waals surface area contributed by atoms with Crippen molar-refractivity contribution in [1.29, 1.82) is 0 Å². The third-order valence-electron chi connectivity index (χ3n) is 2.68. The fourth-order valence-electron chi connectivity index (χ4n) is 1.82. The first-order chi connectivity index (χ1) is 9.45. The molecule has 2 aromatic carbocycles. The lowest BCUT2D eigenvalue weighted by atomic mass is 10.1. The van der Waals surface area contributed by atoms with E-state index in [1.165, 1.54) is 30.3 Å². The third kappa shape index (κ3) is 3.77. The average molecular weight is 342 g/mol. The van der Waals surface area contributed by atoms with E-state index in [9.17, 15) is 8.78 Å². The first kappa shape index (κ1) is 14.9. The molecule has 0 aliphatic heterocycles. The van der Waals surface area contributed by atoms with Crippen molar-refractivity contribution in [2.45, 2.75) is 19.4 Å². The van der Waals surface area contributed by atoms with Crippen molar-refractivity contribution in [2.24, 2.45) is 5.73 Å². The van der Waals surface area contributed by atoms with Crippen molar-refractivity contribution in [3.63, 3.8) is 0 Å². The van der Waals surface area contributed by atoms with E-state index >= 15 is 0 Å². The standard InChI is InChI=1S/C15H14BrF2NO/c1-9(19)6-10-7-11(17)2-5-15(10)20-12-3-4-14(18)13(16)8-12/h2-5,7-9H,6,19H2,1H3. The predicted octanol–water partition coefficient (Wildman–Crippen LogP) is 4.41. The van der Waals surface area contributed by atoms with E-state index in [0.717, 1.165) is 0 Å². The van der Waals surface area contributed by atoms with Gasteiger partial charge in [0.2, 0.25) is 0 Å². The largest absolute Gasteiger partial charge is 0.457 e. The minimum Gasteiger partial charge on any atom is -0.457 e. The molecule has 106 valence electrons. The Morgan fingerprint density at radius 3 is 2.60 bits per heavy atom. The second-order valence-electron chi connectivity index (χ2n) is 4.61. The molecule has 0 fully saturated rings. The number of nitrogens with two attached hydrogens (primary N) is 1. The van der Waals surface area contributed by atoms with Gasteiger partial charge in [0, 0.05) is 6.04 Å². The van der Waals surface area contributed by atoms with Crippen LogP contribution in [-0.2, 0) is 6.42 Å². The molecule has 20 heavy (non-hydrogen) atoms. The number of hydrogen-bond acceptors (Lipinski definition) is 2. The fourth-order valence-corrected chi connectivity index (χ4v) is 2.18. The fraction of sp³-hybridized carbons (Fsp3) is 0.200. The van der Waals surface area contributed by atoms with Gasteiger partial charge in [-0.2, -0.15) is 0 Å². The van der Waals surface area contributed by atoms with Gasteiger partial charge in [0.25, 0.3) is 0 Å². The number of hydrogen-bond donors (Lipinski definition) is 1. The summed E-state index contributed by atoms with van der Waals surface area (Å²) < 4.78 is 32.5. The Bertz CT molecular complexity index is 617. The quantitative estimate of drug-likeness (QED) is 0.893. The normalized spacial score (nSPS) is 12.2. The zero-order valence-corrected chi connectivity index (χ0v) is 12.5. The molecule has 0 amide bonds. The summed E-state index contributed by atoms with van der Waals surface area (Å²) in [5.41, 5.74) is 6.43. The first-order valence-corrected chi connectivity index (χ1v) is 6.92. The van der Waals surface area contributed by atoms with Crippen molar-refractivity contribution in [1.82, 2.24) is 0 Å². The van der Waals surface area contributed by atoms with E-state index in [2.05, 4.69) is 15.9 Å². The monoisotopic (exact) mass is 341 g/mol. The molecule has 1 unspecified atom stereocenters. The van der Waals surface area contributed by atoms with Gasteiger partial charge in [-0.05, 0) is 71.2 Å². The summed E-state index contributed by atoms with van der Waals surface area (Å²) in [7, 11) is 0. The maximum atomic E-state index is 13.3. The summed E-state index contributed by atoms with van der Waals surface area (Å²) in [5, 5.41) is 0. The number of rotatable bonds is 4. The van der Waals surface area contributed by atoms with Crippen molar-refractivity contribution in [3.05, 3.63) is 58.1 Å². The van der Waals surface area contributed by atoms with E-state index in [0.29, 0.717) is 28.0 Å². The van der Waals surface area contributed by atoms with E-state index in [1.54, 1.807) is 6.07 Å². The lowest BCUT2D eigenvalue weighted by Gasteiger charge is -2.13. The SMILES string of the molecule is CC(N)Cc1cc(F)ccc1Oc1ccc(F)c(Br)c1. The van der Waals surface area contributed by atoms with Crippen LogP contribution in [0.25, 0.3) is 0 Å². The molecule has 0 radical (unpaired) electrons. The smallest absolute Gasteiger partial charge is 0.137 e. The molecule has 0 aromatic heterocycles. The second-order valence-corrected chi connectivity index (χ2v) is 5.47. The highest BCUT2D eigenvalue weighted by Gasteiger charge is 2.10. The van der Waals surface area contributed by atoms with E-state index in [1.807, 2.05) is 6.92 Å². The Balaban J connectivity index is 2.30. The minimum atomic E-state index is -0.368. The van der Waals surface area contributed by atoms with Crippen molar-refractivity contribution in [2.75, 3.05) is 0 Å². The molecule has 0 saturated heterocycles. The first-order valence-electron chi connectivity index (χ1n) is 6.12. The molecule has 2 N–H and O–H groups in total. The molecular formula is C15H14BrF2NO. The third-order valence-corrected chi connectivity index (χ3v) is 3.29. The van der Waals surface area contributed by atoms with Gasteiger partial charge in [-0.25, -0.2) is 8.78 Å². The maximum absolute atomic E-state index is 13.3. The van der Waals surface area contributed by atoms with E-state index in [4.69, 9.17) is 10.5 Å². The van der Waals surface area contributed by atoms with Crippen molar-refractivity contribution < 1.29 is 13.5 Å². The number of benzene rings is 2. The van der Waals surface area contributed by atoms with Crippen LogP contribution in [0.3, 0.4) is 0 Å². The lowest BCUT2D eigenvalue weighted by molar-refractivity contribution is 0.468. The van der Waals surface area contributed by atoms with Crippen LogP contribution in [0.5, 0.6) is 11.5 Å². The molecule has 2 aromatic rings. The van der Waals surface area contributed by atoms with Crippen LogP contribution >= 0.6 is 15.9 Å². The van der Waals surface area contributed by atoms with Gasteiger partial charge in [-0.15, -0.1) is 0 Å². The summed E-state index contributed by atoms with van der Waals surface area (Å²) in [4.78, 5) is 0. The molecule has 2 nitrogen and oxygen atoms in total. The molecular weight excluding hydrogens is 328 g/mol. The number of ether oxygens (including phenoxy) is 1. The highest BCUT2D eigenvalue weighted by molar-refractivity contribution is 9.10. The second kappa shape index (κ2) is 6.33. The van der Waals surface area contributed by atoms with Gasteiger partial charge in [0.15, 0.2) is 0 Å². The van der Waals surface area contributed by atoms with Crippen molar-refractivity contribution >= 4 is 15.9 Å². The molecule has 2 rings (SSSR count). The van der Waals surface area contributed by atoms with Gasteiger partial charge < -0.3 is 10.5 Å². The lowest BCUT2D eigenvalue weighted by Crippen LogP contribution is -2.18. The van der Waals surface area contributed by atoms with Gasteiger partial charge >= 0.3 is 0 Å². The highest BCUT2D eigenvalue weighted by atomic mass is 79.9.